The minimum absolute atomic E-state index is 0.269. The number of para-hydroxylation sites is 1. The van der Waals surface area contributed by atoms with Crippen molar-refractivity contribution in [2.45, 2.75) is 25.4 Å². The highest BCUT2D eigenvalue weighted by Crippen LogP contribution is 2.24. The third-order valence-electron chi connectivity index (χ3n) is 3.86. The molecule has 2 heterocycles. The van der Waals surface area contributed by atoms with E-state index in [1.54, 1.807) is 11.3 Å². The van der Waals surface area contributed by atoms with Crippen LogP contribution in [0.4, 0.5) is 0 Å². The van der Waals surface area contributed by atoms with E-state index >= 15 is 0 Å². The molecule has 5 nitrogen and oxygen atoms in total. The van der Waals surface area contributed by atoms with Gasteiger partial charge in [0.05, 0.1) is 23.3 Å². The Balaban J connectivity index is 1.77. The Morgan fingerprint density at radius 1 is 1.38 bits per heavy atom. The first-order valence-electron chi connectivity index (χ1n) is 7.30. The molecule has 1 saturated heterocycles. The summed E-state index contributed by atoms with van der Waals surface area (Å²) in [7, 11) is 0. The summed E-state index contributed by atoms with van der Waals surface area (Å²) in [5, 5.41) is 4.40. The van der Waals surface area contributed by atoms with E-state index in [-0.39, 0.29) is 5.91 Å². The van der Waals surface area contributed by atoms with Crippen LogP contribution < -0.4 is 11.1 Å². The summed E-state index contributed by atoms with van der Waals surface area (Å²) in [4.78, 5) is 18.2. The zero-order valence-electron chi connectivity index (χ0n) is 11.9. The van der Waals surface area contributed by atoms with Crippen molar-refractivity contribution >= 4 is 27.5 Å². The van der Waals surface area contributed by atoms with Gasteiger partial charge in [0.2, 0.25) is 5.91 Å². The average Bonchev–Trinajstić information content (AvgIpc) is 2.89. The number of nitrogens with two attached hydrogens (primary N) is 1. The van der Waals surface area contributed by atoms with Gasteiger partial charge in [0, 0.05) is 6.04 Å². The maximum atomic E-state index is 11.4. The van der Waals surface area contributed by atoms with Crippen LogP contribution in [0.15, 0.2) is 24.3 Å². The molecule has 0 bridgehead atoms. The lowest BCUT2D eigenvalue weighted by Gasteiger charge is -2.33. The first-order chi connectivity index (χ1) is 10.2. The topological polar surface area (TPSA) is 71.2 Å². The fourth-order valence-corrected chi connectivity index (χ4v) is 3.84. The Morgan fingerprint density at radius 2 is 2.14 bits per heavy atom. The summed E-state index contributed by atoms with van der Waals surface area (Å²) in [6, 6.07) is 8.54. The second-order valence-corrected chi connectivity index (χ2v) is 6.54. The minimum atomic E-state index is -0.269. The molecule has 0 aliphatic carbocycles. The molecule has 1 aromatic heterocycles. The van der Waals surface area contributed by atoms with Crippen molar-refractivity contribution in [3.63, 3.8) is 0 Å². The van der Waals surface area contributed by atoms with Crippen LogP contribution in [-0.2, 0) is 11.3 Å². The SMILES string of the molecule is NC(=O)CN(Cc1nc2ccccc2s1)C1CCNCC1. The summed E-state index contributed by atoms with van der Waals surface area (Å²) in [5.74, 6) is -0.269. The van der Waals surface area contributed by atoms with Gasteiger partial charge in [-0.1, -0.05) is 12.1 Å². The van der Waals surface area contributed by atoms with E-state index in [0.717, 1.165) is 36.5 Å². The predicted molar refractivity (Wildman–Crippen MR) is 85.1 cm³/mol. The van der Waals surface area contributed by atoms with E-state index in [1.807, 2.05) is 18.2 Å². The van der Waals surface area contributed by atoms with Crippen LogP contribution in [0.5, 0.6) is 0 Å². The van der Waals surface area contributed by atoms with E-state index < -0.39 is 0 Å². The maximum Gasteiger partial charge on any atom is 0.231 e. The Hall–Kier alpha value is -1.50. The molecule has 3 rings (SSSR count). The maximum absolute atomic E-state index is 11.4. The molecule has 0 spiro atoms. The number of rotatable bonds is 5. The van der Waals surface area contributed by atoms with E-state index in [1.165, 1.54) is 4.70 Å². The molecule has 0 saturated carbocycles. The van der Waals surface area contributed by atoms with Crippen molar-refractivity contribution in [1.29, 1.82) is 0 Å². The number of nitrogens with zero attached hydrogens (tertiary/aromatic N) is 2. The van der Waals surface area contributed by atoms with Gasteiger partial charge in [-0.25, -0.2) is 4.98 Å². The molecule has 1 amide bonds. The fourth-order valence-electron chi connectivity index (χ4n) is 2.85. The van der Waals surface area contributed by atoms with Gasteiger partial charge in [0.25, 0.3) is 0 Å². The monoisotopic (exact) mass is 304 g/mol. The molecule has 1 aliphatic rings. The number of thiazole rings is 1. The number of carbonyl (C=O) groups is 1. The normalized spacial score (nSPS) is 16.6. The molecule has 1 fully saturated rings. The molecule has 0 atom stereocenters. The number of aromatic nitrogens is 1. The number of fused-ring (bicyclic) bond motifs is 1. The number of primary amides is 1. The molecular weight excluding hydrogens is 284 g/mol. The fraction of sp³-hybridized carbons (Fsp3) is 0.467. The molecule has 6 heteroatoms. The molecule has 21 heavy (non-hydrogen) atoms. The predicted octanol–water partition coefficient (Wildman–Crippen LogP) is 1.34. The van der Waals surface area contributed by atoms with Crippen LogP contribution in [-0.4, -0.2) is 41.5 Å². The summed E-state index contributed by atoms with van der Waals surface area (Å²) in [6.45, 7) is 3.01. The molecule has 112 valence electrons. The van der Waals surface area contributed by atoms with Gasteiger partial charge in [0.1, 0.15) is 5.01 Å². The summed E-state index contributed by atoms with van der Waals surface area (Å²) in [5.41, 5.74) is 6.45. The van der Waals surface area contributed by atoms with Crippen LogP contribution >= 0.6 is 11.3 Å². The van der Waals surface area contributed by atoms with Crippen molar-refractivity contribution in [3.05, 3.63) is 29.3 Å². The Bertz CT molecular complexity index is 588. The molecular formula is C15H20N4OS. The highest BCUT2D eigenvalue weighted by atomic mass is 32.1. The van der Waals surface area contributed by atoms with Crippen molar-refractivity contribution in [1.82, 2.24) is 15.2 Å². The summed E-state index contributed by atoms with van der Waals surface area (Å²) in [6.07, 6.45) is 2.11. The number of carbonyl (C=O) groups excluding carboxylic acids is 1. The average molecular weight is 304 g/mol. The summed E-state index contributed by atoms with van der Waals surface area (Å²) >= 11 is 1.70. The highest BCUT2D eigenvalue weighted by molar-refractivity contribution is 7.18. The second kappa shape index (κ2) is 6.51. The number of hydrogen-bond acceptors (Lipinski definition) is 5. The zero-order chi connectivity index (χ0) is 14.7. The lowest BCUT2D eigenvalue weighted by Crippen LogP contribution is -2.46. The highest BCUT2D eigenvalue weighted by Gasteiger charge is 2.23. The first-order valence-corrected chi connectivity index (χ1v) is 8.11. The molecule has 3 N–H and O–H groups in total. The summed E-state index contributed by atoms with van der Waals surface area (Å²) < 4.78 is 1.19. The molecule has 0 radical (unpaired) electrons. The number of nitrogens with one attached hydrogen (secondary N) is 1. The van der Waals surface area contributed by atoms with Gasteiger partial charge < -0.3 is 11.1 Å². The number of piperidine rings is 1. The zero-order valence-corrected chi connectivity index (χ0v) is 12.7. The molecule has 2 aromatic rings. The minimum Gasteiger partial charge on any atom is -0.369 e. The van der Waals surface area contributed by atoms with Crippen LogP contribution in [0, 0.1) is 0 Å². The third kappa shape index (κ3) is 3.58. The second-order valence-electron chi connectivity index (χ2n) is 5.43. The number of amides is 1. The van der Waals surface area contributed by atoms with Gasteiger partial charge in [0.15, 0.2) is 0 Å². The number of hydrogen-bond donors (Lipinski definition) is 2. The van der Waals surface area contributed by atoms with Crippen LogP contribution in [0.1, 0.15) is 17.8 Å². The van der Waals surface area contributed by atoms with Crippen molar-refractivity contribution in [2.75, 3.05) is 19.6 Å². The quantitative estimate of drug-likeness (QED) is 0.874. The lowest BCUT2D eigenvalue weighted by atomic mass is 10.0. The smallest absolute Gasteiger partial charge is 0.231 e. The van der Waals surface area contributed by atoms with Gasteiger partial charge in [-0.05, 0) is 38.1 Å². The van der Waals surface area contributed by atoms with Crippen LogP contribution in [0.25, 0.3) is 10.2 Å². The first kappa shape index (κ1) is 14.4. The van der Waals surface area contributed by atoms with Crippen LogP contribution in [0.3, 0.4) is 0 Å². The molecule has 1 aromatic carbocycles. The standard InChI is InChI=1S/C15H20N4OS/c16-14(20)9-19(11-5-7-17-8-6-11)10-15-18-12-3-1-2-4-13(12)21-15/h1-4,11,17H,5-10H2,(H2,16,20). The van der Waals surface area contributed by atoms with E-state index in [0.29, 0.717) is 19.1 Å². The lowest BCUT2D eigenvalue weighted by molar-refractivity contribution is -0.120. The van der Waals surface area contributed by atoms with Crippen molar-refractivity contribution in [2.24, 2.45) is 5.73 Å². The van der Waals surface area contributed by atoms with E-state index in [9.17, 15) is 4.79 Å². The van der Waals surface area contributed by atoms with Crippen LogP contribution in [0.2, 0.25) is 0 Å². The number of benzene rings is 1. The Labute approximate surface area is 128 Å². The van der Waals surface area contributed by atoms with Gasteiger partial charge in [-0.3, -0.25) is 9.69 Å². The van der Waals surface area contributed by atoms with Crippen molar-refractivity contribution < 1.29 is 4.79 Å². The Kier molecular flexibility index (Phi) is 4.48. The van der Waals surface area contributed by atoms with E-state index in [2.05, 4.69) is 21.3 Å². The molecule has 1 aliphatic heterocycles. The largest absolute Gasteiger partial charge is 0.369 e. The molecule has 0 unspecified atom stereocenters. The van der Waals surface area contributed by atoms with Gasteiger partial charge in [-0.2, -0.15) is 0 Å². The van der Waals surface area contributed by atoms with Gasteiger partial charge >= 0.3 is 0 Å². The van der Waals surface area contributed by atoms with E-state index in [4.69, 9.17) is 5.73 Å². The van der Waals surface area contributed by atoms with Gasteiger partial charge in [-0.15, -0.1) is 11.3 Å². The van der Waals surface area contributed by atoms with Crippen molar-refractivity contribution in [3.8, 4) is 0 Å². The third-order valence-corrected chi connectivity index (χ3v) is 4.88. The Morgan fingerprint density at radius 3 is 2.86 bits per heavy atom.